The van der Waals surface area contributed by atoms with Gasteiger partial charge in [-0.05, 0) is 12.3 Å². The Morgan fingerprint density at radius 1 is 1.69 bits per heavy atom. The molecule has 0 saturated heterocycles. The number of alkyl halides is 1. The van der Waals surface area contributed by atoms with Gasteiger partial charge >= 0.3 is 0 Å². The van der Waals surface area contributed by atoms with Gasteiger partial charge in [0.2, 0.25) is 0 Å². The molecule has 0 aromatic carbocycles. The van der Waals surface area contributed by atoms with Crippen molar-refractivity contribution in [1.82, 2.24) is 0 Å². The van der Waals surface area contributed by atoms with E-state index in [1.54, 1.807) is 0 Å². The molecule has 4 heteroatoms. The van der Waals surface area contributed by atoms with Crippen LogP contribution >= 0.6 is 15.9 Å². The fourth-order valence-corrected chi connectivity index (χ4v) is 3.10. The number of rotatable bonds is 1. The standard InChI is InChI=1S/C9H10B2BrO/c1-11-6-3-5(10)4-2-7(12)8(4)9(6)13/h3-4,7-8,13H,2H2,1H3/t4-,7?,8?/m0/s1. The lowest BCUT2D eigenvalue weighted by atomic mass is 9.55. The first kappa shape index (κ1) is 9.45. The van der Waals surface area contributed by atoms with Crippen LogP contribution in [0.1, 0.15) is 6.42 Å². The number of aliphatic hydroxyl groups excluding tert-OH is 1. The molecule has 0 spiro atoms. The Kier molecular flexibility index (Phi) is 2.35. The summed E-state index contributed by atoms with van der Waals surface area (Å²) in [4.78, 5) is 0.389. The highest BCUT2D eigenvalue weighted by atomic mass is 79.9. The Balaban J connectivity index is 2.33. The summed E-state index contributed by atoms with van der Waals surface area (Å²) in [5.41, 5.74) is 1.79. The van der Waals surface area contributed by atoms with E-state index in [0.29, 0.717) is 16.5 Å². The lowest BCUT2D eigenvalue weighted by Crippen LogP contribution is -2.42. The van der Waals surface area contributed by atoms with E-state index in [4.69, 9.17) is 7.85 Å². The summed E-state index contributed by atoms with van der Waals surface area (Å²) in [6.45, 7) is 1.91. The summed E-state index contributed by atoms with van der Waals surface area (Å²) in [6, 6.07) is 0. The van der Waals surface area contributed by atoms with Gasteiger partial charge in [-0.25, -0.2) is 0 Å². The van der Waals surface area contributed by atoms with Crippen LogP contribution in [0, 0.1) is 11.8 Å². The molecule has 65 valence electrons. The maximum atomic E-state index is 9.87. The van der Waals surface area contributed by atoms with Crippen LogP contribution in [0.3, 0.4) is 0 Å². The number of allylic oxidation sites excluding steroid dienone is 4. The largest absolute Gasteiger partial charge is 0.513 e. The molecule has 2 aliphatic carbocycles. The quantitative estimate of drug-likeness (QED) is 0.544. The minimum absolute atomic E-state index is 0.205. The van der Waals surface area contributed by atoms with Gasteiger partial charge in [-0.3, -0.25) is 0 Å². The van der Waals surface area contributed by atoms with Crippen molar-refractivity contribution in [2.24, 2.45) is 11.8 Å². The maximum Gasteiger partial charge on any atom is 0.152 e. The molecular formula is C9H10B2BrO. The molecule has 1 nitrogen and oxygen atoms in total. The third-order valence-electron chi connectivity index (χ3n) is 2.98. The van der Waals surface area contributed by atoms with E-state index < -0.39 is 0 Å². The van der Waals surface area contributed by atoms with Gasteiger partial charge in [-0.15, -0.1) is 5.47 Å². The molecule has 3 atom stereocenters. The van der Waals surface area contributed by atoms with E-state index >= 15 is 0 Å². The molecule has 0 bridgehead atoms. The van der Waals surface area contributed by atoms with Gasteiger partial charge in [-0.1, -0.05) is 34.3 Å². The van der Waals surface area contributed by atoms with E-state index in [9.17, 15) is 5.11 Å². The zero-order valence-electron chi connectivity index (χ0n) is 7.50. The summed E-state index contributed by atoms with van der Waals surface area (Å²) >= 11 is 3.54. The Morgan fingerprint density at radius 2 is 2.38 bits per heavy atom. The van der Waals surface area contributed by atoms with Crippen LogP contribution < -0.4 is 0 Å². The molecule has 1 N–H and O–H groups in total. The van der Waals surface area contributed by atoms with E-state index in [2.05, 4.69) is 15.9 Å². The molecular weight excluding hydrogens is 226 g/mol. The lowest BCUT2D eigenvalue weighted by molar-refractivity contribution is 0.194. The third-order valence-corrected chi connectivity index (χ3v) is 3.92. The van der Waals surface area contributed by atoms with Crippen LogP contribution in [-0.2, 0) is 0 Å². The van der Waals surface area contributed by atoms with E-state index in [0.717, 1.165) is 17.4 Å². The van der Waals surface area contributed by atoms with Crippen molar-refractivity contribution in [3.63, 3.8) is 0 Å². The minimum atomic E-state index is 0.205. The normalized spacial score (nSPS) is 37.7. The average Bonchev–Trinajstić information content (AvgIpc) is 2.07. The zero-order chi connectivity index (χ0) is 9.59. The van der Waals surface area contributed by atoms with Gasteiger partial charge in [0, 0.05) is 10.7 Å². The smallest absolute Gasteiger partial charge is 0.152 e. The summed E-state index contributed by atoms with van der Waals surface area (Å²) in [5, 5.41) is 9.87. The van der Waals surface area contributed by atoms with Crippen LogP contribution in [-0.4, -0.2) is 25.1 Å². The average molecular weight is 236 g/mol. The van der Waals surface area contributed by atoms with Crippen molar-refractivity contribution >= 4 is 31.1 Å². The van der Waals surface area contributed by atoms with Gasteiger partial charge < -0.3 is 5.11 Å². The lowest BCUT2D eigenvalue weighted by Gasteiger charge is -2.45. The zero-order valence-corrected chi connectivity index (χ0v) is 9.08. The van der Waals surface area contributed by atoms with Gasteiger partial charge in [0.15, 0.2) is 7.28 Å². The molecule has 2 rings (SSSR count). The molecule has 0 aliphatic heterocycles. The summed E-state index contributed by atoms with van der Waals surface area (Å²) in [5.74, 6) is 1.05. The number of hydrogen-bond acceptors (Lipinski definition) is 1. The van der Waals surface area contributed by atoms with Crippen LogP contribution in [0.2, 0.25) is 6.82 Å². The first-order chi connectivity index (χ1) is 6.15. The summed E-state index contributed by atoms with van der Waals surface area (Å²) < 4.78 is 0. The highest BCUT2D eigenvalue weighted by Crippen LogP contribution is 2.49. The second-order valence-corrected chi connectivity index (χ2v) is 4.83. The first-order valence-corrected chi connectivity index (χ1v) is 5.40. The molecule has 1 saturated carbocycles. The Labute approximate surface area is 89.1 Å². The Bertz CT molecular complexity index is 298. The van der Waals surface area contributed by atoms with Crippen molar-refractivity contribution < 1.29 is 5.11 Å². The number of fused-ring (bicyclic) bond motifs is 1. The summed E-state index contributed by atoms with van der Waals surface area (Å²) in [7, 11) is 7.78. The Morgan fingerprint density at radius 3 is 2.92 bits per heavy atom. The molecule has 0 heterocycles. The highest BCUT2D eigenvalue weighted by Gasteiger charge is 2.44. The van der Waals surface area contributed by atoms with Crippen LogP contribution in [0.4, 0.5) is 0 Å². The third kappa shape index (κ3) is 1.30. The van der Waals surface area contributed by atoms with Crippen molar-refractivity contribution in [2.45, 2.75) is 18.1 Å². The van der Waals surface area contributed by atoms with Crippen molar-refractivity contribution in [1.29, 1.82) is 0 Å². The fourth-order valence-electron chi connectivity index (χ4n) is 2.08. The van der Waals surface area contributed by atoms with Gasteiger partial charge in [-0.2, -0.15) is 0 Å². The molecule has 0 amide bonds. The molecule has 0 aromatic heterocycles. The number of aliphatic hydroxyl groups is 1. The second kappa shape index (κ2) is 3.23. The molecule has 0 aromatic rings. The maximum absolute atomic E-state index is 9.87. The Hall–Kier alpha value is -0.110. The van der Waals surface area contributed by atoms with E-state index in [1.807, 2.05) is 20.2 Å². The predicted molar refractivity (Wildman–Crippen MR) is 59.4 cm³/mol. The topological polar surface area (TPSA) is 20.2 Å². The molecule has 2 unspecified atom stereocenters. The monoisotopic (exact) mass is 235 g/mol. The van der Waals surface area contributed by atoms with E-state index in [1.165, 1.54) is 0 Å². The van der Waals surface area contributed by atoms with Crippen molar-refractivity contribution in [3.05, 3.63) is 22.8 Å². The second-order valence-electron chi connectivity index (χ2n) is 3.66. The minimum Gasteiger partial charge on any atom is -0.513 e. The SMILES string of the molecule is [B]C1=CC([B]C)=C(O)C2C(Br)C[C@@H]12. The van der Waals surface area contributed by atoms with E-state index in [-0.39, 0.29) is 5.92 Å². The van der Waals surface area contributed by atoms with Gasteiger partial charge in [0.1, 0.15) is 7.85 Å². The van der Waals surface area contributed by atoms with Crippen LogP contribution in [0.5, 0.6) is 0 Å². The van der Waals surface area contributed by atoms with Crippen LogP contribution in [0.15, 0.2) is 22.8 Å². The molecule has 2 aliphatic rings. The van der Waals surface area contributed by atoms with Crippen LogP contribution in [0.25, 0.3) is 0 Å². The number of halogens is 1. The van der Waals surface area contributed by atoms with Gasteiger partial charge in [0.05, 0.1) is 5.76 Å². The fraction of sp³-hybridized carbons (Fsp3) is 0.556. The highest BCUT2D eigenvalue weighted by molar-refractivity contribution is 9.09. The van der Waals surface area contributed by atoms with Gasteiger partial charge in [0.25, 0.3) is 0 Å². The predicted octanol–water partition coefficient (Wildman–Crippen LogP) is 1.97. The summed E-state index contributed by atoms with van der Waals surface area (Å²) in [6.07, 6.45) is 2.92. The van der Waals surface area contributed by atoms with Crippen molar-refractivity contribution in [3.8, 4) is 0 Å². The first-order valence-electron chi connectivity index (χ1n) is 4.48. The number of hydrogen-bond donors (Lipinski definition) is 1. The molecule has 1 fully saturated rings. The molecule has 13 heavy (non-hydrogen) atoms. The van der Waals surface area contributed by atoms with Crippen molar-refractivity contribution in [2.75, 3.05) is 0 Å². The molecule has 3 radical (unpaired) electrons.